The fourth-order valence-corrected chi connectivity index (χ4v) is 3.95. The Balaban J connectivity index is 1.65. The van der Waals surface area contributed by atoms with E-state index in [-0.39, 0.29) is 24.3 Å². The smallest absolute Gasteiger partial charge is 0.293 e. The molecule has 32 heavy (non-hydrogen) atoms. The highest BCUT2D eigenvalue weighted by Crippen LogP contribution is 2.34. The van der Waals surface area contributed by atoms with Crippen LogP contribution in [0.5, 0.6) is 17.2 Å². The number of benzene rings is 2. The number of hydrogen-bond acceptors (Lipinski definition) is 7. The first kappa shape index (κ1) is 23.7. The minimum Gasteiger partial charge on any atom is -0.493 e. The lowest BCUT2D eigenvalue weighted by Crippen LogP contribution is -2.32. The van der Waals surface area contributed by atoms with Gasteiger partial charge in [0.2, 0.25) is 0 Å². The average Bonchev–Trinajstić information content (AvgIpc) is 3.04. The van der Waals surface area contributed by atoms with Gasteiger partial charge in [-0.2, -0.15) is 0 Å². The van der Waals surface area contributed by atoms with Crippen LogP contribution in [-0.2, 0) is 9.53 Å². The molecular weight excluding hydrogens is 430 g/mol. The summed E-state index contributed by atoms with van der Waals surface area (Å²) in [5, 5.41) is -0.308. The van der Waals surface area contributed by atoms with Crippen molar-refractivity contribution in [2.75, 3.05) is 40.6 Å². The van der Waals surface area contributed by atoms with Crippen molar-refractivity contribution in [1.82, 2.24) is 4.90 Å². The Morgan fingerprint density at radius 2 is 1.69 bits per heavy atom. The first-order chi connectivity index (χ1) is 15.4. The number of thioether (sulfide) groups is 1. The Labute approximate surface area is 192 Å². The van der Waals surface area contributed by atoms with Crippen LogP contribution >= 0.6 is 11.8 Å². The zero-order chi connectivity index (χ0) is 23.1. The number of ether oxygens (including phenoxy) is 4. The molecule has 2 aromatic carbocycles. The van der Waals surface area contributed by atoms with Crippen molar-refractivity contribution in [3.05, 3.63) is 58.0 Å². The number of hydrogen-bond donors (Lipinski definition) is 0. The fraction of sp³-hybridized carbons (Fsp3) is 0.333. The number of methoxy groups -OCH3 is 2. The summed E-state index contributed by atoms with van der Waals surface area (Å²) in [5.74, 6) is 1.55. The van der Waals surface area contributed by atoms with E-state index in [1.807, 2.05) is 38.1 Å². The Morgan fingerprint density at radius 3 is 2.44 bits per heavy atom. The minimum atomic E-state index is -0.330. The highest BCUT2D eigenvalue weighted by molar-refractivity contribution is 8.18. The van der Waals surface area contributed by atoms with Gasteiger partial charge in [-0.3, -0.25) is 14.5 Å². The Morgan fingerprint density at radius 1 is 0.906 bits per heavy atom. The molecule has 170 valence electrons. The predicted octanol–water partition coefficient (Wildman–Crippen LogP) is 4.45. The van der Waals surface area contributed by atoms with E-state index in [1.54, 1.807) is 32.4 Å². The molecule has 2 aromatic rings. The normalized spacial score (nSPS) is 14.9. The molecule has 1 aliphatic rings. The van der Waals surface area contributed by atoms with Crippen LogP contribution < -0.4 is 14.2 Å². The van der Waals surface area contributed by atoms with Gasteiger partial charge >= 0.3 is 0 Å². The van der Waals surface area contributed by atoms with Crippen LogP contribution in [0.25, 0.3) is 6.08 Å². The van der Waals surface area contributed by atoms with Crippen LogP contribution in [0, 0.1) is 13.8 Å². The van der Waals surface area contributed by atoms with Crippen LogP contribution in [0.15, 0.2) is 41.3 Å². The molecule has 1 fully saturated rings. The van der Waals surface area contributed by atoms with Crippen molar-refractivity contribution in [3.8, 4) is 17.2 Å². The molecule has 0 aromatic heterocycles. The van der Waals surface area contributed by atoms with Crippen molar-refractivity contribution >= 4 is 29.0 Å². The third-order valence-corrected chi connectivity index (χ3v) is 5.73. The Bertz CT molecular complexity index is 1020. The second-order valence-corrected chi connectivity index (χ2v) is 8.20. The lowest BCUT2D eigenvalue weighted by Gasteiger charge is -2.14. The van der Waals surface area contributed by atoms with Crippen LogP contribution in [0.3, 0.4) is 0 Å². The number of amides is 2. The summed E-state index contributed by atoms with van der Waals surface area (Å²) in [6.07, 6.45) is 1.68. The SMILES string of the molecule is COCCOc1ccc(/C=C2\SC(=O)N(CCOc3cc(C)ccc3C)C2=O)cc1OC. The zero-order valence-corrected chi connectivity index (χ0v) is 19.5. The summed E-state index contributed by atoms with van der Waals surface area (Å²) >= 11 is 0.917. The topological polar surface area (TPSA) is 74.3 Å². The number of nitrogens with zero attached hydrogens (tertiary/aromatic N) is 1. The molecule has 0 bridgehead atoms. The molecule has 8 heteroatoms. The molecule has 0 saturated carbocycles. The first-order valence-corrected chi connectivity index (χ1v) is 11.0. The van der Waals surface area contributed by atoms with E-state index in [1.165, 1.54) is 4.90 Å². The Kier molecular flexibility index (Phi) is 8.19. The Hall–Kier alpha value is -2.97. The van der Waals surface area contributed by atoms with Gasteiger partial charge in [0.15, 0.2) is 11.5 Å². The van der Waals surface area contributed by atoms with Gasteiger partial charge in [0, 0.05) is 7.11 Å². The highest BCUT2D eigenvalue weighted by atomic mass is 32.2. The maximum absolute atomic E-state index is 12.8. The van der Waals surface area contributed by atoms with Crippen molar-refractivity contribution in [2.24, 2.45) is 0 Å². The van der Waals surface area contributed by atoms with Crippen molar-refractivity contribution < 1.29 is 28.5 Å². The molecular formula is C24H27NO6S. The maximum Gasteiger partial charge on any atom is 0.293 e. The summed E-state index contributed by atoms with van der Waals surface area (Å²) in [7, 11) is 3.15. The molecule has 1 aliphatic heterocycles. The van der Waals surface area contributed by atoms with E-state index in [0.717, 1.165) is 34.2 Å². The highest BCUT2D eigenvalue weighted by Gasteiger charge is 2.34. The van der Waals surface area contributed by atoms with Gasteiger partial charge in [-0.05, 0) is 66.6 Å². The third kappa shape index (κ3) is 5.83. The molecule has 3 rings (SSSR count). The summed E-state index contributed by atoms with van der Waals surface area (Å²) in [5.41, 5.74) is 2.83. The molecule has 1 heterocycles. The van der Waals surface area contributed by atoms with Crippen LogP contribution in [0.4, 0.5) is 4.79 Å². The molecule has 0 N–H and O–H groups in total. The average molecular weight is 458 g/mol. The standard InChI is InChI=1S/C24H27NO6S/c1-16-5-6-17(2)20(13-16)30-10-9-25-23(26)22(32-24(25)27)15-18-7-8-19(21(14-18)29-4)31-12-11-28-3/h5-8,13-15H,9-12H2,1-4H3/b22-15-. The van der Waals surface area contributed by atoms with E-state index < -0.39 is 0 Å². The second-order valence-electron chi connectivity index (χ2n) is 7.20. The molecule has 0 aliphatic carbocycles. The second kappa shape index (κ2) is 11.1. The lowest BCUT2D eigenvalue weighted by atomic mass is 10.1. The quantitative estimate of drug-likeness (QED) is 0.385. The number of aryl methyl sites for hydroxylation is 2. The largest absolute Gasteiger partial charge is 0.493 e. The number of imide groups is 1. The van der Waals surface area contributed by atoms with Crippen molar-refractivity contribution in [3.63, 3.8) is 0 Å². The van der Waals surface area contributed by atoms with Crippen LogP contribution in [0.1, 0.15) is 16.7 Å². The van der Waals surface area contributed by atoms with Crippen LogP contribution in [-0.4, -0.2) is 56.6 Å². The number of rotatable bonds is 10. The van der Waals surface area contributed by atoms with E-state index in [2.05, 4.69) is 0 Å². The molecule has 7 nitrogen and oxygen atoms in total. The predicted molar refractivity (Wildman–Crippen MR) is 124 cm³/mol. The van der Waals surface area contributed by atoms with Crippen molar-refractivity contribution in [2.45, 2.75) is 13.8 Å². The summed E-state index contributed by atoms with van der Waals surface area (Å²) in [6.45, 7) is 5.23. The monoisotopic (exact) mass is 457 g/mol. The lowest BCUT2D eigenvalue weighted by molar-refractivity contribution is -0.123. The zero-order valence-electron chi connectivity index (χ0n) is 18.7. The summed E-state index contributed by atoms with van der Waals surface area (Å²) in [6, 6.07) is 11.3. The molecule has 0 atom stereocenters. The fourth-order valence-electron chi connectivity index (χ4n) is 3.08. The van der Waals surface area contributed by atoms with Crippen molar-refractivity contribution in [1.29, 1.82) is 0 Å². The molecule has 0 spiro atoms. The molecule has 0 radical (unpaired) electrons. The van der Waals surface area contributed by atoms with Gasteiger partial charge in [-0.15, -0.1) is 0 Å². The number of carbonyl (C=O) groups is 2. The summed E-state index contributed by atoms with van der Waals surface area (Å²) in [4.78, 5) is 26.7. The summed E-state index contributed by atoms with van der Waals surface area (Å²) < 4.78 is 21.8. The maximum atomic E-state index is 12.8. The molecule has 2 amide bonds. The minimum absolute atomic E-state index is 0.186. The molecule has 1 saturated heterocycles. The van der Waals surface area contributed by atoms with E-state index in [4.69, 9.17) is 18.9 Å². The van der Waals surface area contributed by atoms with Gasteiger partial charge in [-0.1, -0.05) is 18.2 Å². The van der Waals surface area contributed by atoms with E-state index in [0.29, 0.717) is 29.6 Å². The third-order valence-electron chi connectivity index (χ3n) is 4.82. The number of carbonyl (C=O) groups excluding carboxylic acids is 2. The van der Waals surface area contributed by atoms with E-state index >= 15 is 0 Å². The molecule has 0 unspecified atom stereocenters. The van der Waals surface area contributed by atoms with E-state index in [9.17, 15) is 9.59 Å². The van der Waals surface area contributed by atoms with Gasteiger partial charge in [-0.25, -0.2) is 0 Å². The first-order valence-electron chi connectivity index (χ1n) is 10.2. The van der Waals surface area contributed by atoms with Crippen LogP contribution in [0.2, 0.25) is 0 Å². The van der Waals surface area contributed by atoms with Gasteiger partial charge in [0.25, 0.3) is 11.1 Å². The van der Waals surface area contributed by atoms with Gasteiger partial charge in [0.05, 0.1) is 25.2 Å². The van der Waals surface area contributed by atoms with Gasteiger partial charge < -0.3 is 18.9 Å². The van der Waals surface area contributed by atoms with Gasteiger partial charge in [0.1, 0.15) is 19.0 Å².